The molecule has 0 spiro atoms. The number of nitrogens with zero attached hydrogens (tertiary/aromatic N) is 2. The van der Waals surface area contributed by atoms with Crippen LogP contribution in [0.2, 0.25) is 0 Å². The van der Waals surface area contributed by atoms with Crippen molar-refractivity contribution >= 4 is 23.6 Å². The first kappa shape index (κ1) is 18.0. The van der Waals surface area contributed by atoms with Gasteiger partial charge in [-0.05, 0) is 36.1 Å². The number of halogens is 1. The Balaban J connectivity index is 2.41. The van der Waals surface area contributed by atoms with Crippen molar-refractivity contribution < 1.29 is 23.6 Å². The smallest absolute Gasteiger partial charge is 0.303 e. The Labute approximate surface area is 139 Å². The van der Waals surface area contributed by atoms with E-state index >= 15 is 0 Å². The summed E-state index contributed by atoms with van der Waals surface area (Å²) in [7, 11) is 1.38. The van der Waals surface area contributed by atoms with Crippen molar-refractivity contribution in [2.75, 3.05) is 13.9 Å². The molecule has 0 unspecified atom stereocenters. The van der Waals surface area contributed by atoms with E-state index in [1.54, 1.807) is 6.07 Å². The molecule has 0 aromatic heterocycles. The van der Waals surface area contributed by atoms with Crippen molar-refractivity contribution in [1.82, 2.24) is 5.06 Å². The lowest BCUT2D eigenvalue weighted by Crippen LogP contribution is -2.45. The number of rotatable bonds is 6. The third-order valence-electron chi connectivity index (χ3n) is 3.14. The Morgan fingerprint density at radius 2 is 2.04 bits per heavy atom. The summed E-state index contributed by atoms with van der Waals surface area (Å²) in [6, 6.07) is 5.74. The van der Waals surface area contributed by atoms with E-state index in [4.69, 9.17) is 9.57 Å². The molecule has 0 saturated carbocycles. The predicted octanol–water partition coefficient (Wildman–Crippen LogP) is 2.56. The molecule has 2 amide bonds. The highest BCUT2D eigenvalue weighted by Crippen LogP contribution is 2.20. The summed E-state index contributed by atoms with van der Waals surface area (Å²) in [5.41, 5.74) is 0.683. The first-order chi connectivity index (χ1) is 11.4. The number of hydrogen-bond donors (Lipinski definition) is 0. The lowest BCUT2D eigenvalue weighted by atomic mass is 10.0. The fraction of sp³-hybridized carbons (Fsp3) is 0.353. The van der Waals surface area contributed by atoms with E-state index in [-0.39, 0.29) is 24.1 Å². The topological polar surface area (TPSA) is 68.2 Å². The number of hydrogen-bond acceptors (Lipinski definition) is 5. The number of methoxy groups -OCH3 is 1. The van der Waals surface area contributed by atoms with E-state index in [1.807, 2.05) is 13.8 Å². The summed E-state index contributed by atoms with van der Waals surface area (Å²) >= 11 is 0. The number of hydroxylamine groups is 2. The highest BCUT2D eigenvalue weighted by atomic mass is 19.1. The second-order valence-corrected chi connectivity index (χ2v) is 5.68. The Morgan fingerprint density at radius 3 is 2.67 bits per heavy atom. The Kier molecular flexibility index (Phi) is 5.94. The molecular weight excluding hydrogens is 315 g/mol. The molecule has 6 nitrogen and oxygen atoms in total. The maximum absolute atomic E-state index is 13.3. The second-order valence-electron chi connectivity index (χ2n) is 5.68. The molecule has 1 aliphatic rings. The van der Waals surface area contributed by atoms with Crippen molar-refractivity contribution in [3.05, 3.63) is 41.3 Å². The third-order valence-corrected chi connectivity index (χ3v) is 3.14. The van der Waals surface area contributed by atoms with Gasteiger partial charge < -0.3 is 4.74 Å². The van der Waals surface area contributed by atoms with Crippen molar-refractivity contribution in [1.29, 1.82) is 0 Å². The second kappa shape index (κ2) is 7.94. The quantitative estimate of drug-likeness (QED) is 0.455. The van der Waals surface area contributed by atoms with E-state index in [9.17, 15) is 14.0 Å². The number of amides is 2. The van der Waals surface area contributed by atoms with Crippen molar-refractivity contribution in [3.8, 4) is 0 Å². The zero-order chi connectivity index (χ0) is 17.7. The van der Waals surface area contributed by atoms with Crippen molar-refractivity contribution in [3.63, 3.8) is 0 Å². The average Bonchev–Trinajstić information content (AvgIpc) is 2.51. The van der Waals surface area contributed by atoms with Gasteiger partial charge in [0.2, 0.25) is 0 Å². The molecule has 1 aliphatic heterocycles. The fourth-order valence-corrected chi connectivity index (χ4v) is 2.15. The lowest BCUT2D eigenvalue weighted by molar-refractivity contribution is -0.213. The SMILES string of the molecule is COCON1C(=O)C(CC(C)C)=N/C(=C\c2cccc(F)c2)C1=O. The molecule has 0 bridgehead atoms. The molecule has 1 aromatic rings. The van der Waals surface area contributed by atoms with Crippen LogP contribution < -0.4 is 0 Å². The van der Waals surface area contributed by atoms with Crippen molar-refractivity contribution in [2.45, 2.75) is 20.3 Å². The first-order valence-electron chi connectivity index (χ1n) is 7.48. The number of benzene rings is 1. The minimum atomic E-state index is -0.714. The summed E-state index contributed by atoms with van der Waals surface area (Å²) in [5.74, 6) is -1.58. The van der Waals surface area contributed by atoms with E-state index in [1.165, 1.54) is 31.4 Å². The van der Waals surface area contributed by atoms with Gasteiger partial charge in [-0.25, -0.2) is 14.2 Å². The molecule has 0 saturated heterocycles. The largest absolute Gasteiger partial charge is 0.356 e. The summed E-state index contributed by atoms with van der Waals surface area (Å²) in [5, 5.41) is 0.638. The third kappa shape index (κ3) is 4.33. The number of ether oxygens (including phenoxy) is 1. The van der Waals surface area contributed by atoms with Gasteiger partial charge in [-0.1, -0.05) is 26.0 Å². The van der Waals surface area contributed by atoms with Gasteiger partial charge >= 0.3 is 5.91 Å². The Morgan fingerprint density at radius 1 is 1.29 bits per heavy atom. The highest BCUT2D eigenvalue weighted by Gasteiger charge is 2.34. The molecule has 0 aliphatic carbocycles. The van der Waals surface area contributed by atoms with Crippen LogP contribution in [-0.2, 0) is 19.2 Å². The fourth-order valence-electron chi connectivity index (χ4n) is 2.15. The molecule has 7 heteroatoms. The molecule has 0 radical (unpaired) electrons. The maximum Gasteiger partial charge on any atom is 0.303 e. The van der Waals surface area contributed by atoms with E-state index in [2.05, 4.69) is 4.99 Å². The first-order valence-corrected chi connectivity index (χ1v) is 7.48. The highest BCUT2D eigenvalue weighted by molar-refractivity contribution is 6.44. The molecule has 0 atom stereocenters. The van der Waals surface area contributed by atoms with E-state index in [0.29, 0.717) is 17.0 Å². The molecule has 1 aromatic carbocycles. The minimum absolute atomic E-state index is 0.00644. The van der Waals surface area contributed by atoms with Gasteiger partial charge in [0, 0.05) is 7.11 Å². The zero-order valence-corrected chi connectivity index (χ0v) is 13.8. The molecule has 24 heavy (non-hydrogen) atoms. The zero-order valence-electron chi connectivity index (χ0n) is 13.8. The van der Waals surface area contributed by atoms with Crippen LogP contribution in [0, 0.1) is 11.7 Å². The standard InChI is InChI=1S/C17H19FN2O4/c1-11(2)7-14-16(21)20(24-10-23-3)17(22)15(19-14)9-12-5-4-6-13(18)8-12/h4-6,8-9,11H,7,10H2,1-3H3/b15-9-. The van der Waals surface area contributed by atoms with E-state index < -0.39 is 17.6 Å². The van der Waals surface area contributed by atoms with Crippen LogP contribution in [0.5, 0.6) is 0 Å². The maximum atomic E-state index is 13.3. The van der Waals surface area contributed by atoms with Crippen LogP contribution in [-0.4, -0.2) is 36.5 Å². The van der Waals surface area contributed by atoms with Crippen LogP contribution in [0.3, 0.4) is 0 Å². The monoisotopic (exact) mass is 334 g/mol. The lowest BCUT2D eigenvalue weighted by Gasteiger charge is -2.25. The molecule has 2 rings (SSSR count). The molecular formula is C17H19FN2O4. The van der Waals surface area contributed by atoms with Crippen LogP contribution in [0.4, 0.5) is 4.39 Å². The van der Waals surface area contributed by atoms with Gasteiger partial charge in [-0.2, -0.15) is 0 Å². The van der Waals surface area contributed by atoms with Crippen LogP contribution >= 0.6 is 0 Å². The molecule has 0 fully saturated rings. The summed E-state index contributed by atoms with van der Waals surface area (Å²) in [4.78, 5) is 34.0. The number of carbonyl (C=O) groups is 2. The Bertz CT molecular complexity index is 698. The summed E-state index contributed by atoms with van der Waals surface area (Å²) < 4.78 is 18.1. The van der Waals surface area contributed by atoms with Crippen LogP contribution in [0.25, 0.3) is 6.08 Å². The number of carbonyl (C=O) groups excluding carboxylic acids is 2. The van der Waals surface area contributed by atoms with E-state index in [0.717, 1.165) is 0 Å². The van der Waals surface area contributed by atoms with Gasteiger partial charge in [-0.3, -0.25) is 9.59 Å². The summed E-state index contributed by atoms with van der Waals surface area (Å²) in [6.07, 6.45) is 1.81. The molecule has 1 heterocycles. The average molecular weight is 334 g/mol. The van der Waals surface area contributed by atoms with Crippen molar-refractivity contribution in [2.24, 2.45) is 10.9 Å². The molecule has 0 N–H and O–H groups in total. The van der Waals surface area contributed by atoms with Gasteiger partial charge in [0.05, 0.1) is 0 Å². The normalized spacial score (nSPS) is 17.0. The Hall–Kier alpha value is -2.38. The molecule has 128 valence electrons. The number of aliphatic imine (C=N–C) groups is 1. The predicted molar refractivity (Wildman–Crippen MR) is 86.1 cm³/mol. The van der Waals surface area contributed by atoms with Crippen LogP contribution in [0.15, 0.2) is 35.0 Å². The van der Waals surface area contributed by atoms with Gasteiger partial charge in [0.25, 0.3) is 5.91 Å². The van der Waals surface area contributed by atoms with Gasteiger partial charge in [0.1, 0.15) is 17.2 Å². The number of imide groups is 1. The van der Waals surface area contributed by atoms with Crippen LogP contribution in [0.1, 0.15) is 25.8 Å². The van der Waals surface area contributed by atoms with Gasteiger partial charge in [-0.15, -0.1) is 5.06 Å². The minimum Gasteiger partial charge on any atom is -0.356 e. The van der Waals surface area contributed by atoms with Gasteiger partial charge in [0.15, 0.2) is 6.79 Å². The summed E-state index contributed by atoms with van der Waals surface area (Å²) in [6.45, 7) is 3.62.